The van der Waals surface area contributed by atoms with Crippen molar-refractivity contribution in [2.45, 2.75) is 0 Å². The van der Waals surface area contributed by atoms with Crippen molar-refractivity contribution in [3.63, 3.8) is 0 Å². The number of fused-ring (bicyclic) bond motifs is 1. The van der Waals surface area contributed by atoms with E-state index in [1.807, 2.05) is 0 Å². The van der Waals surface area contributed by atoms with Crippen LogP contribution in [0, 0.1) is 0 Å². The van der Waals surface area contributed by atoms with Crippen LogP contribution < -0.4 is 4.18 Å². The zero-order valence-corrected chi connectivity index (χ0v) is 10.7. The summed E-state index contributed by atoms with van der Waals surface area (Å²) < 4.78 is 34.5. The van der Waals surface area contributed by atoms with Gasteiger partial charge in [0.25, 0.3) is 0 Å². The number of hydrogen-bond donors (Lipinski definition) is 2. The molecule has 8 heteroatoms. The number of nitrogens with one attached hydrogen (secondary N) is 1. The topological polar surface area (TPSA) is 79.4 Å². The van der Waals surface area contributed by atoms with Gasteiger partial charge in [0.05, 0.1) is 5.02 Å². The fourth-order valence-corrected chi connectivity index (χ4v) is 2.16. The molecule has 0 amide bonds. The number of aromatic amines is 1. The molecule has 0 saturated carbocycles. The van der Waals surface area contributed by atoms with Gasteiger partial charge < -0.3 is 9.17 Å². The average Bonchev–Trinajstić information content (AvgIpc) is 2.52. The highest BCUT2D eigenvalue weighted by Gasteiger charge is 2.12. The van der Waals surface area contributed by atoms with E-state index in [2.05, 4.69) is 25.1 Å². The third kappa shape index (κ3) is 2.32. The molecule has 0 aliphatic rings. The first kappa shape index (κ1) is 11.7. The van der Waals surface area contributed by atoms with Crippen LogP contribution in [0.3, 0.4) is 0 Å². The van der Waals surface area contributed by atoms with Gasteiger partial charge in [-0.25, -0.2) is 0 Å². The highest BCUT2D eigenvalue weighted by Crippen LogP contribution is 2.33. The summed E-state index contributed by atoms with van der Waals surface area (Å²) in [6.07, 6.45) is 0. The maximum absolute atomic E-state index is 10.5. The number of hydrogen-bond acceptors (Lipinski definition) is 3. The Morgan fingerprint density at radius 1 is 1.44 bits per heavy atom. The van der Waals surface area contributed by atoms with Crippen LogP contribution in [-0.4, -0.2) is 18.0 Å². The van der Waals surface area contributed by atoms with E-state index < -0.39 is 10.4 Å². The summed E-state index contributed by atoms with van der Waals surface area (Å²) in [4.78, 5) is 2.65. The number of halogens is 2. The number of aromatic nitrogens is 1. The molecule has 0 radical (unpaired) electrons. The molecule has 0 fully saturated rings. The highest BCUT2D eigenvalue weighted by atomic mass is 79.9. The largest absolute Gasteiger partial charge is 0.447 e. The molecular formula is C8H5BrClNO4S. The van der Waals surface area contributed by atoms with Gasteiger partial charge in [-0.2, -0.15) is 8.42 Å². The molecule has 0 aliphatic carbocycles. The van der Waals surface area contributed by atoms with Gasteiger partial charge in [0.2, 0.25) is 5.88 Å². The number of rotatable bonds is 2. The third-order valence-electron chi connectivity index (χ3n) is 1.86. The summed E-state index contributed by atoms with van der Waals surface area (Å²) in [5.74, 6) is -0.0995. The van der Waals surface area contributed by atoms with Crippen LogP contribution in [0.2, 0.25) is 5.02 Å². The van der Waals surface area contributed by atoms with Crippen LogP contribution >= 0.6 is 27.5 Å². The molecule has 2 N–H and O–H groups in total. The van der Waals surface area contributed by atoms with Crippen molar-refractivity contribution < 1.29 is 17.2 Å². The molecule has 0 spiro atoms. The van der Waals surface area contributed by atoms with Gasteiger partial charge in [0.15, 0.2) is 0 Å². The second kappa shape index (κ2) is 3.92. The highest BCUT2D eigenvalue weighted by molar-refractivity contribution is 9.10. The average molecular weight is 327 g/mol. The Labute approximate surface area is 104 Å². The molecule has 16 heavy (non-hydrogen) atoms. The first-order valence-electron chi connectivity index (χ1n) is 4.00. The Balaban J connectivity index is 2.57. The van der Waals surface area contributed by atoms with Crippen molar-refractivity contribution in [3.05, 3.63) is 27.7 Å². The van der Waals surface area contributed by atoms with Crippen molar-refractivity contribution in [1.82, 2.24) is 4.98 Å². The molecular weight excluding hydrogens is 322 g/mol. The van der Waals surface area contributed by atoms with Gasteiger partial charge in [-0.3, -0.25) is 4.55 Å². The maximum Gasteiger partial charge on any atom is 0.447 e. The first-order valence-corrected chi connectivity index (χ1v) is 6.54. The molecule has 2 aromatic rings. The Bertz CT molecular complexity index is 651. The van der Waals surface area contributed by atoms with Gasteiger partial charge in [-0.1, -0.05) is 11.6 Å². The summed E-state index contributed by atoms with van der Waals surface area (Å²) in [6.45, 7) is 0. The predicted molar refractivity (Wildman–Crippen MR) is 63.2 cm³/mol. The molecule has 0 aliphatic heterocycles. The lowest BCUT2D eigenvalue weighted by Gasteiger charge is -1.95. The van der Waals surface area contributed by atoms with Gasteiger partial charge in [0, 0.05) is 21.4 Å². The summed E-state index contributed by atoms with van der Waals surface area (Å²) in [6, 6.07) is 4.79. The SMILES string of the molecule is O=S(=O)(O)Oc1cc2c(Cl)c(Br)ccc2[nH]1. The summed E-state index contributed by atoms with van der Waals surface area (Å²) >= 11 is 9.21. The van der Waals surface area contributed by atoms with E-state index in [1.54, 1.807) is 12.1 Å². The van der Waals surface area contributed by atoms with E-state index in [4.69, 9.17) is 16.2 Å². The lowest BCUT2D eigenvalue weighted by molar-refractivity contribution is 0.382. The van der Waals surface area contributed by atoms with Gasteiger partial charge in [0.1, 0.15) is 0 Å². The fraction of sp³-hybridized carbons (Fsp3) is 0. The van der Waals surface area contributed by atoms with E-state index in [9.17, 15) is 8.42 Å². The van der Waals surface area contributed by atoms with Crippen molar-refractivity contribution in [1.29, 1.82) is 0 Å². The fourth-order valence-electron chi connectivity index (χ4n) is 1.27. The smallest absolute Gasteiger partial charge is 0.343 e. The Kier molecular flexibility index (Phi) is 2.87. The van der Waals surface area contributed by atoms with E-state index >= 15 is 0 Å². The van der Waals surface area contributed by atoms with Crippen molar-refractivity contribution in [2.75, 3.05) is 0 Å². The standard InChI is InChI=1S/C8H5BrClNO4S/c9-5-1-2-6-4(8(5)10)3-7(11-6)15-16(12,13)14/h1-3,11H,(H,12,13,14). The second-order valence-corrected chi connectivity index (χ2v) is 5.22. The third-order valence-corrected chi connectivity index (χ3v) is 3.55. The number of H-pyrrole nitrogens is 1. The monoisotopic (exact) mass is 325 g/mol. The molecule has 1 aromatic carbocycles. The van der Waals surface area contributed by atoms with Crippen LogP contribution in [0.5, 0.6) is 5.88 Å². The minimum atomic E-state index is -4.53. The van der Waals surface area contributed by atoms with Gasteiger partial charge in [-0.15, -0.1) is 0 Å². The zero-order valence-electron chi connectivity index (χ0n) is 7.57. The molecule has 5 nitrogen and oxygen atoms in total. The molecule has 2 rings (SSSR count). The quantitative estimate of drug-likeness (QED) is 0.832. The lowest BCUT2D eigenvalue weighted by Crippen LogP contribution is -2.06. The zero-order chi connectivity index (χ0) is 11.9. The summed E-state index contributed by atoms with van der Waals surface area (Å²) in [7, 11) is -4.53. The predicted octanol–water partition coefficient (Wildman–Crippen LogP) is 2.77. The molecule has 0 bridgehead atoms. The lowest BCUT2D eigenvalue weighted by atomic mass is 10.2. The molecule has 86 valence electrons. The Morgan fingerprint density at radius 2 is 2.12 bits per heavy atom. The molecule has 0 atom stereocenters. The molecule has 0 unspecified atom stereocenters. The molecule has 1 aromatic heterocycles. The van der Waals surface area contributed by atoms with E-state index in [0.29, 0.717) is 20.4 Å². The van der Waals surface area contributed by atoms with Crippen LogP contribution in [0.15, 0.2) is 22.7 Å². The second-order valence-electron chi connectivity index (χ2n) is 2.97. The van der Waals surface area contributed by atoms with Crippen LogP contribution in [0.4, 0.5) is 0 Å². The van der Waals surface area contributed by atoms with E-state index in [0.717, 1.165) is 0 Å². The number of benzene rings is 1. The van der Waals surface area contributed by atoms with E-state index in [-0.39, 0.29) is 5.88 Å². The Hall–Kier alpha value is -0.760. The van der Waals surface area contributed by atoms with Crippen molar-refractivity contribution in [3.8, 4) is 5.88 Å². The summed E-state index contributed by atoms with van der Waals surface area (Å²) in [5, 5.41) is 1.02. The van der Waals surface area contributed by atoms with Crippen molar-refractivity contribution >= 4 is 48.8 Å². The maximum atomic E-state index is 10.5. The Morgan fingerprint density at radius 3 is 2.75 bits per heavy atom. The van der Waals surface area contributed by atoms with E-state index in [1.165, 1.54) is 6.07 Å². The summed E-state index contributed by atoms with van der Waals surface area (Å²) in [5.41, 5.74) is 0.604. The first-order chi connectivity index (χ1) is 7.37. The minimum absolute atomic E-state index is 0.0995. The van der Waals surface area contributed by atoms with Crippen LogP contribution in [0.25, 0.3) is 10.9 Å². The normalized spacial score (nSPS) is 11.9. The van der Waals surface area contributed by atoms with Gasteiger partial charge >= 0.3 is 10.4 Å². The molecule has 1 heterocycles. The van der Waals surface area contributed by atoms with Gasteiger partial charge in [-0.05, 0) is 28.1 Å². The minimum Gasteiger partial charge on any atom is -0.343 e. The van der Waals surface area contributed by atoms with Crippen LogP contribution in [-0.2, 0) is 10.4 Å². The van der Waals surface area contributed by atoms with Crippen molar-refractivity contribution in [2.24, 2.45) is 0 Å². The van der Waals surface area contributed by atoms with Crippen LogP contribution in [0.1, 0.15) is 0 Å². The molecule has 0 saturated heterocycles.